The van der Waals surface area contributed by atoms with Crippen LogP contribution >= 0.6 is 0 Å². The summed E-state index contributed by atoms with van der Waals surface area (Å²) in [6.07, 6.45) is 0. The molecule has 182 valence electrons. The van der Waals surface area contributed by atoms with Crippen molar-refractivity contribution >= 4 is 27.4 Å². The highest BCUT2D eigenvalue weighted by Gasteiger charge is 2.19. The van der Waals surface area contributed by atoms with Crippen LogP contribution in [-0.2, 0) is 10.0 Å². The quantitative estimate of drug-likeness (QED) is 0.406. The SMILES string of the molecule is CCOc1cc(C(=O)Nc2ccc(S(=O)(=O)[N-]c3cc(C)on3)cc2)cc(OCC)c1OCC. The normalized spacial score (nSPS) is 11.1. The van der Waals surface area contributed by atoms with Crippen molar-refractivity contribution in [3.05, 3.63) is 58.5 Å². The van der Waals surface area contributed by atoms with E-state index in [9.17, 15) is 13.2 Å². The maximum Gasteiger partial charge on any atom is 0.255 e. The lowest BCUT2D eigenvalue weighted by Crippen LogP contribution is -2.13. The van der Waals surface area contributed by atoms with Gasteiger partial charge in [-0.05, 0) is 76.0 Å². The smallest absolute Gasteiger partial charge is 0.255 e. The number of hydrogen-bond acceptors (Lipinski definition) is 8. The highest BCUT2D eigenvalue weighted by atomic mass is 32.2. The van der Waals surface area contributed by atoms with Gasteiger partial charge in [0, 0.05) is 11.3 Å². The fourth-order valence-corrected chi connectivity index (χ4v) is 3.92. The van der Waals surface area contributed by atoms with Crippen molar-refractivity contribution in [1.82, 2.24) is 5.16 Å². The van der Waals surface area contributed by atoms with Crippen LogP contribution < -0.4 is 19.5 Å². The van der Waals surface area contributed by atoms with Gasteiger partial charge in [-0.25, -0.2) is 8.42 Å². The van der Waals surface area contributed by atoms with Crippen molar-refractivity contribution in [3.8, 4) is 17.2 Å². The van der Waals surface area contributed by atoms with E-state index in [0.717, 1.165) is 0 Å². The molecule has 0 saturated carbocycles. The van der Waals surface area contributed by atoms with E-state index in [1.165, 1.54) is 30.3 Å². The van der Waals surface area contributed by atoms with E-state index in [1.54, 1.807) is 19.1 Å². The lowest BCUT2D eigenvalue weighted by Gasteiger charge is -2.17. The fourth-order valence-electron chi connectivity index (χ4n) is 3.01. The van der Waals surface area contributed by atoms with Gasteiger partial charge in [-0.2, -0.15) is 0 Å². The van der Waals surface area contributed by atoms with Gasteiger partial charge in [0.1, 0.15) is 5.76 Å². The van der Waals surface area contributed by atoms with Crippen molar-refractivity contribution in [1.29, 1.82) is 0 Å². The number of anilines is 1. The number of nitrogens with zero attached hydrogens (tertiary/aromatic N) is 2. The number of rotatable bonds is 11. The highest BCUT2D eigenvalue weighted by Crippen LogP contribution is 2.39. The molecule has 0 fully saturated rings. The summed E-state index contributed by atoms with van der Waals surface area (Å²) in [5.74, 6) is 1.20. The van der Waals surface area contributed by atoms with Crippen LogP contribution in [0.2, 0.25) is 0 Å². The van der Waals surface area contributed by atoms with Crippen LogP contribution in [0.5, 0.6) is 17.2 Å². The lowest BCUT2D eigenvalue weighted by molar-refractivity contribution is 0.102. The standard InChI is InChI=1S/C23H27N3O7S/c1-5-30-19-13-16(14-20(31-6-2)22(19)32-7-3)23(27)24-17-8-10-18(11-9-17)34(28,29)26-21-12-15(4)33-25-21/h8-14H,5-7H2,1-4H3,(H2,24,25,26,27)/p-1. The van der Waals surface area contributed by atoms with Crippen molar-refractivity contribution in [2.45, 2.75) is 32.6 Å². The number of carbonyl (C=O) groups excluding carboxylic acids is 1. The van der Waals surface area contributed by atoms with Gasteiger partial charge in [0.2, 0.25) is 15.8 Å². The van der Waals surface area contributed by atoms with Crippen molar-refractivity contribution in [3.63, 3.8) is 0 Å². The molecule has 1 amide bonds. The van der Waals surface area contributed by atoms with Gasteiger partial charge in [-0.1, -0.05) is 0 Å². The van der Waals surface area contributed by atoms with Crippen LogP contribution in [0.3, 0.4) is 0 Å². The van der Waals surface area contributed by atoms with E-state index >= 15 is 0 Å². The third-order valence-corrected chi connectivity index (χ3v) is 5.71. The van der Waals surface area contributed by atoms with Gasteiger partial charge in [-0.3, -0.25) is 9.95 Å². The molecule has 0 radical (unpaired) electrons. The Kier molecular flexibility index (Phi) is 8.00. The Morgan fingerprint density at radius 1 is 0.971 bits per heavy atom. The number of aromatic nitrogens is 1. The zero-order valence-corrected chi connectivity index (χ0v) is 20.1. The summed E-state index contributed by atoms with van der Waals surface area (Å²) in [5, 5.41) is 6.30. The Bertz CT molecular complexity index is 1210. The second-order valence-corrected chi connectivity index (χ2v) is 8.55. The first-order valence-corrected chi connectivity index (χ1v) is 12.1. The van der Waals surface area contributed by atoms with Gasteiger partial charge in [0.05, 0.1) is 24.7 Å². The minimum Gasteiger partial charge on any atom is -0.490 e. The highest BCUT2D eigenvalue weighted by molar-refractivity contribution is 7.94. The van der Waals surface area contributed by atoms with Crippen LogP contribution in [0, 0.1) is 6.92 Å². The number of aryl methyl sites for hydroxylation is 1. The van der Waals surface area contributed by atoms with E-state index in [0.29, 0.717) is 54.1 Å². The maximum atomic E-state index is 12.9. The first-order chi connectivity index (χ1) is 16.3. The molecule has 1 N–H and O–H groups in total. The molecule has 1 aromatic heterocycles. The Balaban J connectivity index is 1.79. The summed E-state index contributed by atoms with van der Waals surface area (Å²) in [5.41, 5.74) is 0.689. The molecule has 0 saturated heterocycles. The number of carbonyl (C=O) groups is 1. The summed E-state index contributed by atoms with van der Waals surface area (Å²) in [6, 6.07) is 10.2. The Labute approximate surface area is 198 Å². The molecule has 3 aromatic rings. The summed E-state index contributed by atoms with van der Waals surface area (Å²) < 4.78 is 50.4. The molecule has 0 atom stereocenters. The molecule has 3 rings (SSSR count). The van der Waals surface area contributed by atoms with Gasteiger partial charge < -0.3 is 28.8 Å². The number of ether oxygens (including phenoxy) is 3. The first kappa shape index (κ1) is 24.9. The molecule has 1 heterocycles. The molecule has 34 heavy (non-hydrogen) atoms. The second kappa shape index (κ2) is 10.9. The number of amides is 1. The Hall–Kier alpha value is -3.73. The minimum absolute atomic E-state index is 0.0411. The summed E-state index contributed by atoms with van der Waals surface area (Å²) in [4.78, 5) is 12.9. The molecule has 0 spiro atoms. The van der Waals surface area contributed by atoms with E-state index < -0.39 is 15.9 Å². The van der Waals surface area contributed by atoms with Gasteiger partial charge >= 0.3 is 0 Å². The molecular weight excluding hydrogens is 462 g/mol. The van der Waals surface area contributed by atoms with Crippen LogP contribution in [-0.4, -0.2) is 39.3 Å². The monoisotopic (exact) mass is 488 g/mol. The zero-order valence-electron chi connectivity index (χ0n) is 19.3. The summed E-state index contributed by atoms with van der Waals surface area (Å²) >= 11 is 0. The number of hydrogen-bond donors (Lipinski definition) is 1. The molecule has 0 aliphatic rings. The van der Waals surface area contributed by atoms with E-state index in [1.807, 2.05) is 20.8 Å². The molecule has 10 nitrogen and oxygen atoms in total. The van der Waals surface area contributed by atoms with Crippen LogP contribution in [0.4, 0.5) is 11.5 Å². The zero-order chi connectivity index (χ0) is 24.7. The third-order valence-electron chi connectivity index (χ3n) is 4.41. The van der Waals surface area contributed by atoms with Gasteiger partial charge in [-0.15, -0.1) is 0 Å². The van der Waals surface area contributed by atoms with Crippen molar-refractivity contribution in [2.75, 3.05) is 25.1 Å². The Morgan fingerprint density at radius 2 is 1.56 bits per heavy atom. The summed E-state index contributed by atoms with van der Waals surface area (Å²) in [7, 11) is -3.99. The van der Waals surface area contributed by atoms with E-state index in [4.69, 9.17) is 18.7 Å². The molecule has 11 heteroatoms. The van der Waals surface area contributed by atoms with Crippen LogP contribution in [0.25, 0.3) is 4.72 Å². The average molecular weight is 489 g/mol. The average Bonchev–Trinajstić information content (AvgIpc) is 3.20. The summed E-state index contributed by atoms with van der Waals surface area (Å²) in [6.45, 7) is 8.30. The van der Waals surface area contributed by atoms with E-state index in [2.05, 4.69) is 15.2 Å². The predicted octanol–water partition coefficient (Wildman–Crippen LogP) is 4.83. The number of nitrogens with one attached hydrogen (secondary N) is 1. The molecule has 0 aliphatic heterocycles. The topological polar surface area (TPSA) is 131 Å². The molecule has 0 bridgehead atoms. The number of benzene rings is 2. The Morgan fingerprint density at radius 3 is 2.06 bits per heavy atom. The second-order valence-electron chi connectivity index (χ2n) is 6.94. The predicted molar refractivity (Wildman–Crippen MR) is 126 cm³/mol. The van der Waals surface area contributed by atoms with Crippen LogP contribution in [0.15, 0.2) is 51.9 Å². The number of sulfonamides is 1. The third kappa shape index (κ3) is 5.98. The first-order valence-electron chi connectivity index (χ1n) is 10.7. The largest absolute Gasteiger partial charge is 0.490 e. The fraction of sp³-hybridized carbons (Fsp3) is 0.304. The van der Waals surface area contributed by atoms with Crippen molar-refractivity contribution in [2.24, 2.45) is 0 Å². The molecule has 0 aliphatic carbocycles. The van der Waals surface area contributed by atoms with Crippen molar-refractivity contribution < 1.29 is 31.9 Å². The van der Waals surface area contributed by atoms with Gasteiger partial charge in [0.15, 0.2) is 11.5 Å². The van der Waals surface area contributed by atoms with E-state index in [-0.39, 0.29) is 10.7 Å². The van der Waals surface area contributed by atoms with Gasteiger partial charge in [0.25, 0.3) is 5.91 Å². The van der Waals surface area contributed by atoms with Crippen LogP contribution in [0.1, 0.15) is 36.9 Å². The minimum atomic E-state index is -3.99. The molecule has 0 unspecified atom stereocenters. The maximum absolute atomic E-state index is 12.9. The molecular formula is C23H26N3O7S-. The lowest BCUT2D eigenvalue weighted by atomic mass is 10.1. The molecule has 2 aromatic carbocycles.